The lowest BCUT2D eigenvalue weighted by Crippen LogP contribution is -2.43. The number of carbonyl (C=O) groups is 3. The number of ether oxygens (including phenoxy) is 2. The molecular formula is C55H65N5O8Si. The highest BCUT2D eigenvalue weighted by atomic mass is 28.4. The van der Waals surface area contributed by atoms with Gasteiger partial charge in [-0.2, -0.15) is 0 Å². The molecule has 0 saturated heterocycles. The Morgan fingerprint density at radius 2 is 1.48 bits per heavy atom. The van der Waals surface area contributed by atoms with Gasteiger partial charge in [0.1, 0.15) is 18.5 Å². The quantitative estimate of drug-likeness (QED) is 0.0457. The summed E-state index contributed by atoms with van der Waals surface area (Å²) in [5.74, 6) is -0.0809. The van der Waals surface area contributed by atoms with Crippen LogP contribution in [0.4, 0.5) is 21.0 Å². The predicted octanol–water partition coefficient (Wildman–Crippen LogP) is 11.5. The zero-order valence-corrected chi connectivity index (χ0v) is 41.2. The highest BCUT2D eigenvalue weighted by molar-refractivity contribution is 6.74. The van der Waals surface area contributed by atoms with Gasteiger partial charge in [0.15, 0.2) is 8.32 Å². The first kappa shape index (κ1) is 50.1. The first-order valence-corrected chi connectivity index (χ1v) is 26.8. The third kappa shape index (κ3) is 14.2. The number of rotatable bonds is 18. The number of pyridine rings is 1. The van der Waals surface area contributed by atoms with Gasteiger partial charge in [-0.1, -0.05) is 112 Å². The van der Waals surface area contributed by atoms with Gasteiger partial charge in [0.25, 0.3) is 0 Å². The van der Waals surface area contributed by atoms with E-state index in [2.05, 4.69) is 60.1 Å². The average Bonchev–Trinajstić information content (AvgIpc) is 3.32. The van der Waals surface area contributed by atoms with E-state index in [9.17, 15) is 24.3 Å². The van der Waals surface area contributed by atoms with Gasteiger partial charge in [0, 0.05) is 48.3 Å². The zero-order valence-electron chi connectivity index (χ0n) is 40.2. The van der Waals surface area contributed by atoms with Crippen molar-refractivity contribution in [3.63, 3.8) is 0 Å². The summed E-state index contributed by atoms with van der Waals surface area (Å²) in [5, 5.41) is 23.8. The van der Waals surface area contributed by atoms with Gasteiger partial charge in [-0.05, 0) is 115 Å². The molecular weight excluding hydrogens is 887 g/mol. The molecule has 1 aromatic heterocycles. The summed E-state index contributed by atoms with van der Waals surface area (Å²) >= 11 is 0. The standard InChI is InChI=1S/C55H65N5O8Si/c1-55(2,3)69(4,5)68-49(45-29-31-48(61)52-46(45)30-32-51(63)60-52)35-56-34-38-19-22-41(23-20-38)57-50(62)18-12-15-37-21-28-44(40-16-10-7-11-17-40)47(33-37)59-54(65)67-43-26-24-42(25-27-43)58-53(64)66-36-39-13-8-6-9-14-39/h6-11,13-14,16-17,19-23,28-33,42-43,49,56,61H,12,15,18,24-27,34-36H2,1-5H3,(H,57,62)(H,58,64)(H,59,65)(H,60,63)/t42-,43-,49-/m0/s1. The maximum absolute atomic E-state index is 13.3. The second kappa shape index (κ2) is 23.0. The van der Waals surface area contributed by atoms with Crippen molar-refractivity contribution >= 4 is 48.7 Å². The normalized spacial score (nSPS) is 15.5. The maximum Gasteiger partial charge on any atom is 0.411 e. The van der Waals surface area contributed by atoms with Crippen molar-refractivity contribution in [3.8, 4) is 16.9 Å². The molecule has 3 amide bonds. The van der Waals surface area contributed by atoms with Gasteiger partial charge in [0.2, 0.25) is 11.5 Å². The molecule has 5 aromatic carbocycles. The number of aromatic hydroxyl groups is 1. The van der Waals surface area contributed by atoms with Crippen LogP contribution in [0.2, 0.25) is 18.1 Å². The second-order valence-electron chi connectivity index (χ2n) is 19.3. The first-order valence-electron chi connectivity index (χ1n) is 23.9. The molecule has 1 aliphatic carbocycles. The largest absolute Gasteiger partial charge is 0.506 e. The van der Waals surface area contributed by atoms with Gasteiger partial charge in [-0.15, -0.1) is 0 Å². The Hall–Kier alpha value is -6.74. The number of aryl methyl sites for hydroxylation is 1. The number of phenols is 1. The molecule has 7 rings (SSSR count). The minimum Gasteiger partial charge on any atom is -0.506 e. The number of amides is 3. The van der Waals surface area contributed by atoms with Crippen LogP contribution >= 0.6 is 0 Å². The number of anilines is 2. The number of fused-ring (bicyclic) bond motifs is 1. The SMILES string of the molecule is CC(C)(C)[Si](C)(C)O[C@@H](CNCc1ccc(NC(=O)CCCc2ccc(-c3ccccc3)c(NC(=O)O[C@H]3CC[C@H](NC(=O)OCc4ccccc4)CC3)c2)cc1)c1ccc(O)c2[nH]c(=O)ccc12. The minimum atomic E-state index is -2.23. The van der Waals surface area contributed by atoms with Crippen LogP contribution in [0, 0.1) is 0 Å². The molecule has 1 aliphatic rings. The molecule has 0 spiro atoms. The van der Waals surface area contributed by atoms with E-state index in [1.54, 1.807) is 12.1 Å². The van der Waals surface area contributed by atoms with E-state index >= 15 is 0 Å². The lowest BCUT2D eigenvalue weighted by Gasteiger charge is -2.39. The summed E-state index contributed by atoms with van der Waals surface area (Å²) in [4.78, 5) is 53.7. The molecule has 6 aromatic rings. The Labute approximate surface area is 405 Å². The third-order valence-electron chi connectivity index (χ3n) is 13.2. The molecule has 362 valence electrons. The van der Waals surface area contributed by atoms with Gasteiger partial charge >= 0.3 is 12.2 Å². The number of carbonyl (C=O) groups excluding carboxylic acids is 3. The molecule has 1 atom stereocenters. The number of alkyl carbamates (subject to hydrolysis) is 1. The van der Waals surface area contributed by atoms with E-state index in [-0.39, 0.29) is 47.1 Å². The molecule has 1 fully saturated rings. The maximum atomic E-state index is 13.3. The summed E-state index contributed by atoms with van der Waals surface area (Å²) in [5.41, 5.74) is 7.07. The van der Waals surface area contributed by atoms with Crippen molar-refractivity contribution in [2.24, 2.45) is 0 Å². The van der Waals surface area contributed by atoms with Crippen LogP contribution in [-0.2, 0) is 38.3 Å². The average molecular weight is 952 g/mol. The summed E-state index contributed by atoms with van der Waals surface area (Å²) in [7, 11) is -2.23. The van der Waals surface area contributed by atoms with Crippen LogP contribution in [0.3, 0.4) is 0 Å². The molecule has 1 saturated carbocycles. The van der Waals surface area contributed by atoms with E-state index in [1.807, 2.05) is 109 Å². The van der Waals surface area contributed by atoms with Gasteiger partial charge < -0.3 is 39.9 Å². The van der Waals surface area contributed by atoms with Crippen LogP contribution in [-0.4, -0.2) is 55.2 Å². The monoisotopic (exact) mass is 951 g/mol. The van der Waals surface area contributed by atoms with Crippen molar-refractivity contribution < 1.29 is 33.4 Å². The van der Waals surface area contributed by atoms with Crippen molar-refractivity contribution in [2.75, 3.05) is 17.2 Å². The number of nitrogens with one attached hydrogen (secondary N) is 5. The van der Waals surface area contributed by atoms with Crippen molar-refractivity contribution in [2.45, 2.75) is 115 Å². The number of H-pyrrole nitrogens is 1. The first-order chi connectivity index (χ1) is 33.1. The summed E-state index contributed by atoms with van der Waals surface area (Å²) in [6, 6.07) is 39.7. The molecule has 69 heavy (non-hydrogen) atoms. The molecule has 0 unspecified atom stereocenters. The molecule has 6 N–H and O–H groups in total. The number of aromatic nitrogens is 1. The van der Waals surface area contributed by atoms with Crippen LogP contribution in [0.25, 0.3) is 22.0 Å². The molecule has 1 heterocycles. The molecule has 13 nitrogen and oxygen atoms in total. The smallest absolute Gasteiger partial charge is 0.411 e. The highest BCUT2D eigenvalue weighted by Gasteiger charge is 2.40. The summed E-state index contributed by atoms with van der Waals surface area (Å²) in [6.07, 6.45) is 2.51. The predicted molar refractivity (Wildman–Crippen MR) is 275 cm³/mol. The molecule has 0 bridgehead atoms. The Bertz CT molecular complexity index is 2730. The van der Waals surface area contributed by atoms with E-state index < -0.39 is 20.5 Å². The van der Waals surface area contributed by atoms with E-state index in [0.29, 0.717) is 74.9 Å². The Balaban J connectivity index is 0.884. The van der Waals surface area contributed by atoms with E-state index in [4.69, 9.17) is 13.9 Å². The zero-order chi connectivity index (χ0) is 49.0. The highest BCUT2D eigenvalue weighted by Crippen LogP contribution is 2.41. The second-order valence-corrected chi connectivity index (χ2v) is 24.1. The Morgan fingerprint density at radius 1 is 0.783 bits per heavy atom. The molecule has 0 radical (unpaired) electrons. The molecule has 14 heteroatoms. The van der Waals surface area contributed by atoms with Crippen LogP contribution in [0.15, 0.2) is 132 Å². The fraction of sp³-hybridized carbons (Fsp3) is 0.345. The minimum absolute atomic E-state index is 0.0109. The number of phenolic OH excluding ortho intramolecular Hbond substituents is 1. The number of aromatic amines is 1. The van der Waals surface area contributed by atoms with Gasteiger partial charge in [0.05, 0.1) is 17.3 Å². The fourth-order valence-corrected chi connectivity index (χ4v) is 9.56. The topological polar surface area (TPSA) is 180 Å². The number of hydrogen-bond donors (Lipinski definition) is 6. The van der Waals surface area contributed by atoms with E-state index in [0.717, 1.165) is 38.8 Å². The summed E-state index contributed by atoms with van der Waals surface area (Å²) < 4.78 is 18.2. The van der Waals surface area contributed by atoms with Crippen LogP contribution in [0.1, 0.15) is 87.7 Å². The Kier molecular flexibility index (Phi) is 16.7. The van der Waals surface area contributed by atoms with Gasteiger partial charge in [-0.3, -0.25) is 14.9 Å². The van der Waals surface area contributed by atoms with Crippen molar-refractivity contribution in [1.29, 1.82) is 0 Å². The van der Waals surface area contributed by atoms with Crippen LogP contribution < -0.4 is 26.8 Å². The Morgan fingerprint density at radius 3 is 2.19 bits per heavy atom. The number of benzene rings is 5. The fourth-order valence-electron chi connectivity index (χ4n) is 8.28. The number of hydrogen-bond acceptors (Lipinski definition) is 9. The van der Waals surface area contributed by atoms with Gasteiger partial charge in [-0.25, -0.2) is 9.59 Å². The van der Waals surface area contributed by atoms with E-state index in [1.165, 1.54) is 6.07 Å². The summed E-state index contributed by atoms with van der Waals surface area (Å²) in [6.45, 7) is 12.3. The lowest BCUT2D eigenvalue weighted by molar-refractivity contribution is -0.116. The van der Waals surface area contributed by atoms with Crippen molar-refractivity contribution in [3.05, 3.63) is 160 Å². The lowest BCUT2D eigenvalue weighted by atomic mass is 9.93. The van der Waals surface area contributed by atoms with Crippen LogP contribution in [0.5, 0.6) is 5.75 Å². The van der Waals surface area contributed by atoms with Crippen molar-refractivity contribution in [1.82, 2.24) is 15.6 Å². The third-order valence-corrected chi connectivity index (χ3v) is 17.6. The molecule has 0 aliphatic heterocycles.